The van der Waals surface area contributed by atoms with E-state index < -0.39 is 12.3 Å². The predicted octanol–water partition coefficient (Wildman–Crippen LogP) is 8.46. The molecule has 0 unspecified atom stereocenters. The van der Waals surface area contributed by atoms with Gasteiger partial charge in [-0.05, 0) is 75.3 Å². The standard InChI is InChI=1S/C42H43Cl3N2O5S/c1-7-20-17-41(3,4)46-13-9-11-22-35(46)24(20)15-26-29(30-31(40(50)51)32(43)34(45)39(33(30)44)53-19-28(48)49)27-16-25-21(8-2)18-42(5,6)47-14-10-12-23(36(25)47)38(27)52-37(22)26/h15-18,28,48-49H,7-14,19H2,1-6H3/p+1. The Kier molecular flexibility index (Phi) is 9.11. The van der Waals surface area contributed by atoms with Crippen LogP contribution in [-0.4, -0.2) is 57.5 Å². The number of thioether (sulfide) groups is 1. The maximum absolute atomic E-state index is 13.4. The average molecular weight is 795 g/mol. The molecule has 11 heteroatoms. The molecule has 0 amide bonds. The zero-order valence-corrected chi connectivity index (χ0v) is 33.9. The summed E-state index contributed by atoms with van der Waals surface area (Å²) in [5, 5.41) is 32.4. The third-order valence-corrected chi connectivity index (χ3v) is 14.2. The van der Waals surface area contributed by atoms with E-state index >= 15 is 0 Å². The molecule has 7 nitrogen and oxygen atoms in total. The van der Waals surface area contributed by atoms with Gasteiger partial charge < -0.3 is 25.0 Å². The normalized spacial score (nSPS) is 18.8. The summed E-state index contributed by atoms with van der Waals surface area (Å²) in [6.45, 7) is 15.2. The number of anilines is 1. The number of allylic oxidation sites excluding steroid dienone is 2. The summed E-state index contributed by atoms with van der Waals surface area (Å²) in [6.07, 6.45) is 8.18. The summed E-state index contributed by atoms with van der Waals surface area (Å²) < 4.78 is 9.80. The SMILES string of the molecule is CCC1=CC(C)(C)N2CCCc3c4c(cc1c32)C(c1c(Cl)c(SCC(O)O)c(Cl)c(Cl)c1C(=O)O)=c1cc2c3c(c1O4)CCC[N+]=3C(C)(C)C=C2CC. The molecule has 0 spiro atoms. The van der Waals surface area contributed by atoms with E-state index in [0.29, 0.717) is 5.57 Å². The van der Waals surface area contributed by atoms with Gasteiger partial charge in [0.1, 0.15) is 18.0 Å². The largest absolute Gasteiger partial charge is 0.478 e. The first-order valence-corrected chi connectivity index (χ1v) is 20.6. The molecule has 5 aliphatic heterocycles. The van der Waals surface area contributed by atoms with Crippen molar-refractivity contribution < 1.29 is 24.9 Å². The van der Waals surface area contributed by atoms with Crippen molar-refractivity contribution in [3.05, 3.63) is 88.9 Å². The molecule has 0 aromatic heterocycles. The van der Waals surface area contributed by atoms with Crippen molar-refractivity contribution in [3.63, 3.8) is 0 Å². The summed E-state index contributed by atoms with van der Waals surface area (Å²) in [5.41, 5.74) is 9.07. The maximum atomic E-state index is 13.4. The second kappa shape index (κ2) is 13.1. The quantitative estimate of drug-likeness (QED) is 0.0749. The van der Waals surface area contributed by atoms with E-state index in [0.717, 1.165) is 108 Å². The van der Waals surface area contributed by atoms with Crippen LogP contribution in [0.5, 0.6) is 11.5 Å². The van der Waals surface area contributed by atoms with E-state index in [1.165, 1.54) is 22.2 Å². The van der Waals surface area contributed by atoms with Crippen LogP contribution in [0.2, 0.25) is 15.1 Å². The van der Waals surface area contributed by atoms with E-state index in [4.69, 9.17) is 39.5 Å². The second-order valence-electron chi connectivity index (χ2n) is 15.7. The fourth-order valence-corrected chi connectivity index (χ4v) is 11.4. The zero-order valence-electron chi connectivity index (χ0n) is 30.8. The lowest BCUT2D eigenvalue weighted by molar-refractivity contribution is -0.0186. The number of carboxylic acid groups (broad SMARTS) is 1. The topological polar surface area (TPSA) is 93.2 Å². The number of aromatic carboxylic acids is 1. The Hall–Kier alpha value is -2.98. The highest BCUT2D eigenvalue weighted by atomic mass is 35.5. The third kappa shape index (κ3) is 5.53. The van der Waals surface area contributed by atoms with Crippen molar-refractivity contribution in [2.75, 3.05) is 23.7 Å². The summed E-state index contributed by atoms with van der Waals surface area (Å²) in [5.74, 6) is 0.0292. The molecule has 0 saturated heterocycles. The van der Waals surface area contributed by atoms with Gasteiger partial charge in [-0.2, -0.15) is 0 Å². The summed E-state index contributed by atoms with van der Waals surface area (Å²) >= 11 is 22.1. The number of carbonyl (C=O) groups is 1. The highest BCUT2D eigenvalue weighted by molar-refractivity contribution is 7.99. The molecule has 0 bridgehead atoms. The number of ether oxygens (including phenoxy) is 1. The minimum Gasteiger partial charge on any atom is -0.478 e. The minimum absolute atomic E-state index is 0.0409. The van der Waals surface area contributed by atoms with Gasteiger partial charge in [0.25, 0.3) is 0 Å². The average Bonchev–Trinajstić information content (AvgIpc) is 3.11. The van der Waals surface area contributed by atoms with E-state index in [1.807, 2.05) is 0 Å². The van der Waals surface area contributed by atoms with Crippen LogP contribution in [0, 0.1) is 0 Å². The molecule has 8 rings (SSSR count). The number of benzene rings is 3. The van der Waals surface area contributed by atoms with E-state index in [1.54, 1.807) is 0 Å². The lowest BCUT2D eigenvalue weighted by Crippen LogP contribution is -2.53. The van der Waals surface area contributed by atoms with Gasteiger partial charge in [-0.3, -0.25) is 0 Å². The van der Waals surface area contributed by atoms with Crippen LogP contribution < -0.4 is 24.8 Å². The summed E-state index contributed by atoms with van der Waals surface area (Å²) in [7, 11) is 0. The van der Waals surface area contributed by atoms with E-state index in [9.17, 15) is 20.1 Å². The predicted molar refractivity (Wildman–Crippen MR) is 216 cm³/mol. The fourth-order valence-electron chi connectivity index (χ4n) is 9.43. The van der Waals surface area contributed by atoms with Crippen LogP contribution in [0.4, 0.5) is 5.69 Å². The maximum Gasteiger partial charge on any atom is 0.337 e. The van der Waals surface area contributed by atoms with Crippen molar-refractivity contribution in [1.82, 2.24) is 4.58 Å². The summed E-state index contributed by atoms with van der Waals surface area (Å²) in [4.78, 5) is 16.2. The molecule has 5 aliphatic rings. The molecule has 0 fully saturated rings. The fraction of sp³-hybridized carbons (Fsp3) is 0.429. The van der Waals surface area contributed by atoms with E-state index in [-0.39, 0.29) is 47.9 Å². The van der Waals surface area contributed by atoms with Crippen molar-refractivity contribution >= 4 is 74.9 Å². The van der Waals surface area contributed by atoms with Crippen LogP contribution in [0.1, 0.15) is 111 Å². The number of nitrogens with zero attached hydrogens (tertiary/aromatic N) is 2. The molecule has 0 aliphatic carbocycles. The number of hydrogen-bond acceptors (Lipinski definition) is 6. The number of hydrogen-bond donors (Lipinski definition) is 3. The molecule has 3 aromatic rings. The summed E-state index contributed by atoms with van der Waals surface area (Å²) in [6, 6.07) is 4.34. The molecule has 3 N–H and O–H groups in total. The molecule has 0 radical (unpaired) electrons. The highest BCUT2D eigenvalue weighted by Gasteiger charge is 2.43. The molecule has 278 valence electrons. The van der Waals surface area contributed by atoms with Crippen molar-refractivity contribution in [2.24, 2.45) is 0 Å². The molecule has 53 heavy (non-hydrogen) atoms. The molecule has 0 atom stereocenters. The third-order valence-electron chi connectivity index (χ3n) is 11.6. The first-order valence-electron chi connectivity index (χ1n) is 18.5. The Morgan fingerprint density at radius 3 is 2.30 bits per heavy atom. The lowest BCUT2D eigenvalue weighted by Gasteiger charge is -2.48. The molecule has 5 heterocycles. The first-order chi connectivity index (χ1) is 25.1. The van der Waals surface area contributed by atoms with E-state index in [2.05, 4.69) is 75.3 Å². The van der Waals surface area contributed by atoms with Crippen LogP contribution in [0.3, 0.4) is 0 Å². The Morgan fingerprint density at radius 2 is 1.62 bits per heavy atom. The Morgan fingerprint density at radius 1 is 0.925 bits per heavy atom. The first kappa shape index (κ1) is 37.0. The van der Waals surface area contributed by atoms with Gasteiger partial charge in [-0.15, -0.1) is 11.8 Å². The number of aliphatic hydroxyl groups excluding tert-OH is 1. The molecular formula is C42H44Cl3N2O5S+. The Balaban J connectivity index is 1.60. The Labute approximate surface area is 329 Å². The van der Waals surface area contributed by atoms with Gasteiger partial charge in [-0.25, -0.2) is 9.37 Å². The van der Waals surface area contributed by atoms with Crippen LogP contribution in [-0.2, 0) is 12.8 Å². The van der Waals surface area contributed by atoms with Gasteiger partial charge in [0.2, 0.25) is 5.36 Å². The van der Waals surface area contributed by atoms with Gasteiger partial charge in [0, 0.05) is 70.5 Å². The number of fused-ring (bicyclic) bond motifs is 4. The molecular weight excluding hydrogens is 751 g/mol. The number of carboxylic acids is 1. The smallest absolute Gasteiger partial charge is 0.337 e. The van der Waals surface area contributed by atoms with Gasteiger partial charge in [0.05, 0.1) is 43.0 Å². The molecule has 0 saturated carbocycles. The number of halogens is 3. The monoisotopic (exact) mass is 793 g/mol. The van der Waals surface area contributed by atoms with Crippen molar-refractivity contribution in [3.8, 4) is 11.5 Å². The molecule has 3 aromatic carbocycles. The minimum atomic E-state index is -1.65. The Bertz CT molecular complexity index is 2360. The lowest BCUT2D eigenvalue weighted by atomic mass is 9.78. The van der Waals surface area contributed by atoms with Crippen molar-refractivity contribution in [1.29, 1.82) is 0 Å². The highest BCUT2D eigenvalue weighted by Crippen LogP contribution is 2.55. The van der Waals surface area contributed by atoms with Crippen LogP contribution in [0.25, 0.3) is 16.7 Å². The zero-order chi connectivity index (χ0) is 37.9. The van der Waals surface area contributed by atoms with Gasteiger partial charge >= 0.3 is 5.97 Å². The van der Waals surface area contributed by atoms with Crippen LogP contribution >= 0.6 is 46.6 Å². The van der Waals surface area contributed by atoms with Crippen LogP contribution in [0.15, 0.2) is 29.2 Å². The van der Waals surface area contributed by atoms with Gasteiger partial charge in [-0.1, -0.05) is 54.7 Å². The number of rotatable bonds is 7. The van der Waals surface area contributed by atoms with Gasteiger partial charge in [0.15, 0.2) is 11.8 Å². The number of aliphatic hydroxyl groups is 2. The van der Waals surface area contributed by atoms with Crippen molar-refractivity contribution in [2.45, 2.75) is 102 Å². The second-order valence-corrected chi connectivity index (χ2v) is 17.9.